The van der Waals surface area contributed by atoms with E-state index in [1.54, 1.807) is 36.4 Å². The summed E-state index contributed by atoms with van der Waals surface area (Å²) in [7, 11) is 0. The van der Waals surface area contributed by atoms with Gasteiger partial charge in [0.25, 0.3) is 5.91 Å². The maximum absolute atomic E-state index is 12.8. The lowest BCUT2D eigenvalue weighted by Crippen LogP contribution is -2.31. The molecule has 0 bridgehead atoms. The fraction of sp³-hybridized carbons (Fsp3) is 0.304. The third-order valence-electron chi connectivity index (χ3n) is 5.64. The van der Waals surface area contributed by atoms with Gasteiger partial charge in [-0.25, -0.2) is 4.79 Å². The molecule has 8 heteroatoms. The fourth-order valence-electron chi connectivity index (χ4n) is 4.13. The van der Waals surface area contributed by atoms with Crippen LogP contribution in [0, 0.1) is 11.8 Å². The number of esters is 1. The topological polar surface area (TPSA) is 92.8 Å². The maximum Gasteiger partial charge on any atom is 0.338 e. The standard InChI is InChI=1S/C23H21ClN2O5/c24-15-8-10-16(11-9-15)25-20(27)13-31-23(30)14-4-3-5-17(12-14)26-21(28)18-6-1-2-7-19(18)22(26)29/h3-5,8-12,18-19H,1-2,6-7,13H2,(H,25,27)/t18-,19-/m1/s1. The Hall–Kier alpha value is -3.19. The van der Waals surface area contributed by atoms with Crippen LogP contribution in [0.5, 0.6) is 0 Å². The van der Waals surface area contributed by atoms with Gasteiger partial charge < -0.3 is 10.1 Å². The smallest absolute Gasteiger partial charge is 0.338 e. The van der Waals surface area contributed by atoms with Crippen molar-refractivity contribution in [3.63, 3.8) is 0 Å². The van der Waals surface area contributed by atoms with Crippen molar-refractivity contribution < 1.29 is 23.9 Å². The van der Waals surface area contributed by atoms with Crippen LogP contribution in [-0.4, -0.2) is 30.3 Å². The van der Waals surface area contributed by atoms with E-state index in [2.05, 4.69) is 5.32 Å². The third kappa shape index (κ3) is 4.46. The fourth-order valence-corrected chi connectivity index (χ4v) is 4.26. The zero-order valence-corrected chi connectivity index (χ0v) is 17.4. The van der Waals surface area contributed by atoms with Gasteiger partial charge in [0, 0.05) is 10.7 Å². The van der Waals surface area contributed by atoms with E-state index in [4.69, 9.17) is 16.3 Å². The molecule has 2 aliphatic rings. The number of carbonyl (C=O) groups excluding carboxylic acids is 4. The van der Waals surface area contributed by atoms with Crippen LogP contribution in [0.2, 0.25) is 5.02 Å². The molecule has 0 radical (unpaired) electrons. The molecule has 2 fully saturated rings. The van der Waals surface area contributed by atoms with Crippen LogP contribution in [0.25, 0.3) is 0 Å². The molecule has 0 spiro atoms. The molecule has 1 N–H and O–H groups in total. The van der Waals surface area contributed by atoms with Gasteiger partial charge in [0.2, 0.25) is 11.8 Å². The molecule has 1 saturated carbocycles. The van der Waals surface area contributed by atoms with Crippen molar-refractivity contribution in [1.82, 2.24) is 0 Å². The number of imide groups is 1. The molecule has 7 nitrogen and oxygen atoms in total. The summed E-state index contributed by atoms with van der Waals surface area (Å²) in [6.07, 6.45) is 3.32. The number of anilines is 2. The zero-order valence-electron chi connectivity index (χ0n) is 16.7. The minimum absolute atomic E-state index is 0.160. The second-order valence-electron chi connectivity index (χ2n) is 7.69. The SMILES string of the molecule is O=C(COC(=O)c1cccc(N2C(=O)[C@@H]3CCCC[C@H]3C2=O)c1)Nc1ccc(Cl)cc1. The van der Waals surface area contributed by atoms with Crippen LogP contribution >= 0.6 is 11.6 Å². The molecule has 31 heavy (non-hydrogen) atoms. The summed E-state index contributed by atoms with van der Waals surface area (Å²) in [5.41, 5.74) is 1.04. The highest BCUT2D eigenvalue weighted by atomic mass is 35.5. The van der Waals surface area contributed by atoms with Crippen molar-refractivity contribution in [3.8, 4) is 0 Å². The van der Waals surface area contributed by atoms with Gasteiger partial charge in [0.1, 0.15) is 0 Å². The van der Waals surface area contributed by atoms with E-state index < -0.39 is 18.5 Å². The minimum atomic E-state index is -0.718. The van der Waals surface area contributed by atoms with Gasteiger partial charge in [-0.1, -0.05) is 30.5 Å². The molecule has 160 valence electrons. The van der Waals surface area contributed by atoms with E-state index >= 15 is 0 Å². The third-order valence-corrected chi connectivity index (χ3v) is 5.90. The summed E-state index contributed by atoms with van der Waals surface area (Å²) in [6, 6.07) is 12.7. The Morgan fingerprint density at radius 2 is 1.65 bits per heavy atom. The summed E-state index contributed by atoms with van der Waals surface area (Å²) in [6.45, 7) is -0.475. The summed E-state index contributed by atoms with van der Waals surface area (Å²) >= 11 is 5.80. The van der Waals surface area contributed by atoms with Crippen LogP contribution in [0.15, 0.2) is 48.5 Å². The number of benzene rings is 2. The van der Waals surface area contributed by atoms with Crippen molar-refractivity contribution >= 4 is 46.7 Å². The van der Waals surface area contributed by atoms with Gasteiger partial charge in [-0.3, -0.25) is 19.3 Å². The van der Waals surface area contributed by atoms with Gasteiger partial charge in [0.15, 0.2) is 6.61 Å². The first-order valence-electron chi connectivity index (χ1n) is 10.1. The van der Waals surface area contributed by atoms with Crippen LogP contribution in [0.3, 0.4) is 0 Å². The Bertz CT molecular complexity index is 1010. The number of hydrogen-bond donors (Lipinski definition) is 1. The Morgan fingerprint density at radius 1 is 1.00 bits per heavy atom. The molecule has 1 aliphatic heterocycles. The molecule has 2 aromatic carbocycles. The maximum atomic E-state index is 12.8. The second-order valence-corrected chi connectivity index (χ2v) is 8.13. The Morgan fingerprint density at radius 3 is 2.29 bits per heavy atom. The van der Waals surface area contributed by atoms with Crippen LogP contribution < -0.4 is 10.2 Å². The van der Waals surface area contributed by atoms with Crippen molar-refractivity contribution in [2.75, 3.05) is 16.8 Å². The number of rotatable bonds is 5. The number of halogens is 1. The Labute approximate surface area is 184 Å². The van der Waals surface area contributed by atoms with Crippen molar-refractivity contribution in [2.24, 2.45) is 11.8 Å². The largest absolute Gasteiger partial charge is 0.452 e. The summed E-state index contributed by atoms with van der Waals surface area (Å²) in [4.78, 5) is 51.2. The summed E-state index contributed by atoms with van der Waals surface area (Å²) < 4.78 is 5.09. The molecule has 2 aromatic rings. The van der Waals surface area contributed by atoms with E-state index in [1.807, 2.05) is 0 Å². The number of hydrogen-bond acceptors (Lipinski definition) is 5. The number of carbonyl (C=O) groups is 4. The van der Waals surface area contributed by atoms with E-state index in [-0.39, 0.29) is 29.2 Å². The van der Waals surface area contributed by atoms with Gasteiger partial charge >= 0.3 is 5.97 Å². The van der Waals surface area contributed by atoms with Crippen LogP contribution in [0.1, 0.15) is 36.0 Å². The van der Waals surface area contributed by atoms with Gasteiger partial charge in [-0.15, -0.1) is 0 Å². The molecule has 0 aromatic heterocycles. The Kier molecular flexibility index (Phi) is 6.04. The highest BCUT2D eigenvalue weighted by Gasteiger charge is 2.48. The predicted octanol–water partition coefficient (Wildman–Crippen LogP) is 3.82. The molecule has 4 rings (SSSR count). The van der Waals surface area contributed by atoms with Crippen molar-refractivity contribution in [1.29, 1.82) is 0 Å². The lowest BCUT2D eigenvalue weighted by molar-refractivity contribution is -0.122. The normalized spacial score (nSPS) is 20.4. The predicted molar refractivity (Wildman–Crippen MR) is 115 cm³/mol. The highest BCUT2D eigenvalue weighted by molar-refractivity contribution is 6.30. The molecule has 1 heterocycles. The average molecular weight is 441 g/mol. The molecule has 1 saturated heterocycles. The lowest BCUT2D eigenvalue weighted by atomic mass is 9.81. The first kappa shape index (κ1) is 21.1. The number of fused-ring (bicyclic) bond motifs is 1. The molecule has 1 aliphatic carbocycles. The minimum Gasteiger partial charge on any atom is -0.452 e. The van der Waals surface area contributed by atoms with Crippen LogP contribution in [0.4, 0.5) is 11.4 Å². The molecule has 3 amide bonds. The quantitative estimate of drug-likeness (QED) is 0.563. The molecular weight excluding hydrogens is 420 g/mol. The lowest BCUT2D eigenvalue weighted by Gasteiger charge is -2.19. The monoisotopic (exact) mass is 440 g/mol. The zero-order chi connectivity index (χ0) is 22.0. The first-order valence-corrected chi connectivity index (χ1v) is 10.5. The summed E-state index contributed by atoms with van der Waals surface area (Å²) in [5.74, 6) is -2.17. The average Bonchev–Trinajstić information content (AvgIpc) is 3.04. The molecular formula is C23H21ClN2O5. The molecule has 2 atom stereocenters. The van der Waals surface area contributed by atoms with Crippen molar-refractivity contribution in [2.45, 2.75) is 25.7 Å². The second kappa shape index (κ2) is 8.89. The summed E-state index contributed by atoms with van der Waals surface area (Å²) in [5, 5.41) is 3.14. The van der Waals surface area contributed by atoms with E-state index in [0.29, 0.717) is 16.4 Å². The Balaban J connectivity index is 1.40. The van der Waals surface area contributed by atoms with Crippen LogP contribution in [-0.2, 0) is 19.1 Å². The number of nitrogens with zero attached hydrogens (tertiary/aromatic N) is 1. The van der Waals surface area contributed by atoms with Gasteiger partial charge in [-0.05, 0) is 55.3 Å². The van der Waals surface area contributed by atoms with E-state index in [9.17, 15) is 19.2 Å². The van der Waals surface area contributed by atoms with Gasteiger partial charge in [-0.2, -0.15) is 0 Å². The number of ether oxygens (including phenoxy) is 1. The number of nitrogens with one attached hydrogen (secondary N) is 1. The first-order chi connectivity index (χ1) is 14.9. The van der Waals surface area contributed by atoms with E-state index in [0.717, 1.165) is 25.7 Å². The van der Waals surface area contributed by atoms with Crippen molar-refractivity contribution in [3.05, 3.63) is 59.1 Å². The van der Waals surface area contributed by atoms with Gasteiger partial charge in [0.05, 0.1) is 23.1 Å². The number of amides is 3. The van der Waals surface area contributed by atoms with E-state index in [1.165, 1.54) is 17.0 Å². The highest BCUT2D eigenvalue weighted by Crippen LogP contribution is 2.40. The molecule has 0 unspecified atom stereocenters.